The molecule has 1 aliphatic rings. The van der Waals surface area contributed by atoms with E-state index in [2.05, 4.69) is 0 Å². The third-order valence-corrected chi connectivity index (χ3v) is 5.27. The fourth-order valence-electron chi connectivity index (χ4n) is 3.66. The van der Waals surface area contributed by atoms with Gasteiger partial charge in [0.1, 0.15) is 12.4 Å². The molecule has 30 heavy (non-hydrogen) atoms. The minimum atomic E-state index is -0.959. The number of carbonyl (C=O) groups excluding carboxylic acids is 1. The minimum Gasteiger partial charge on any atom is -0.480 e. The normalized spacial score (nSPS) is 18.6. The number of carboxylic acid groups (broad SMARTS) is 1. The molecule has 1 fully saturated rings. The van der Waals surface area contributed by atoms with Crippen LogP contribution in [0, 0.1) is 17.7 Å². The van der Waals surface area contributed by atoms with Gasteiger partial charge in [-0.1, -0.05) is 18.2 Å². The molecule has 3 rings (SSSR count). The number of amides is 1. The molecule has 2 aromatic rings. The van der Waals surface area contributed by atoms with Gasteiger partial charge in [-0.25, -0.2) is 18.9 Å². The first-order valence-electron chi connectivity index (χ1n) is 10.1. The number of halogens is 1. The van der Waals surface area contributed by atoms with Gasteiger partial charge in [0.2, 0.25) is 0 Å². The van der Waals surface area contributed by atoms with Crippen molar-refractivity contribution in [3.05, 3.63) is 60.4 Å². The van der Waals surface area contributed by atoms with Crippen LogP contribution in [0.3, 0.4) is 0 Å². The number of hydrogen-bond acceptors (Lipinski definition) is 4. The lowest BCUT2D eigenvalue weighted by Gasteiger charge is -2.29. The molecule has 0 atom stereocenters. The lowest BCUT2D eigenvalue weighted by atomic mass is 9.83. The molecule has 1 amide bonds. The summed E-state index contributed by atoms with van der Waals surface area (Å²) in [6.07, 6.45) is 3.14. The fourth-order valence-corrected chi connectivity index (χ4v) is 3.66. The molecular weight excluding hydrogens is 389 g/mol. The summed E-state index contributed by atoms with van der Waals surface area (Å²) in [6, 6.07) is 14.8. The number of carboxylic acids is 1. The van der Waals surface area contributed by atoms with Crippen LogP contribution >= 0.6 is 0 Å². The summed E-state index contributed by atoms with van der Waals surface area (Å²) in [6.45, 7) is 0.494. The summed E-state index contributed by atoms with van der Waals surface area (Å²) in [5, 5.41) is 8.63. The maximum Gasteiger partial charge on any atom is 0.418 e. The van der Waals surface area contributed by atoms with Crippen molar-refractivity contribution in [2.24, 2.45) is 11.8 Å². The summed E-state index contributed by atoms with van der Waals surface area (Å²) in [4.78, 5) is 24.8. The van der Waals surface area contributed by atoms with E-state index in [9.17, 15) is 14.0 Å². The van der Waals surface area contributed by atoms with E-state index in [1.807, 2.05) is 18.2 Å². The van der Waals surface area contributed by atoms with Crippen molar-refractivity contribution in [3.63, 3.8) is 0 Å². The van der Waals surface area contributed by atoms with Crippen LogP contribution in [-0.4, -0.2) is 37.0 Å². The molecule has 0 saturated heterocycles. The first-order valence-corrected chi connectivity index (χ1v) is 10.1. The van der Waals surface area contributed by atoms with Crippen LogP contribution < -0.4 is 4.90 Å². The number of para-hydroxylation sites is 1. The molecule has 1 aliphatic carbocycles. The third-order valence-electron chi connectivity index (χ3n) is 5.27. The summed E-state index contributed by atoms with van der Waals surface area (Å²) in [5.41, 5.74) is 1.18. The summed E-state index contributed by atoms with van der Waals surface area (Å²) in [7, 11) is 0. The molecule has 1 saturated carbocycles. The molecule has 0 aromatic heterocycles. The quantitative estimate of drug-likeness (QED) is 0.656. The molecule has 0 unspecified atom stereocenters. The van der Waals surface area contributed by atoms with Gasteiger partial charge in [-0.05, 0) is 73.9 Å². The molecule has 1 N–H and O–H groups in total. The Bertz CT molecular complexity index is 819. The zero-order valence-corrected chi connectivity index (χ0v) is 16.7. The van der Waals surface area contributed by atoms with Crippen LogP contribution in [0.5, 0.6) is 0 Å². The lowest BCUT2D eigenvalue weighted by molar-refractivity contribution is -0.142. The maximum atomic E-state index is 13.3. The van der Waals surface area contributed by atoms with Crippen LogP contribution in [-0.2, 0) is 14.3 Å². The first kappa shape index (κ1) is 21.8. The first-order chi connectivity index (χ1) is 14.5. The Hall–Kier alpha value is -2.93. The zero-order valence-electron chi connectivity index (χ0n) is 16.7. The number of anilines is 2. The van der Waals surface area contributed by atoms with E-state index in [1.165, 1.54) is 17.0 Å². The van der Waals surface area contributed by atoms with E-state index in [-0.39, 0.29) is 18.3 Å². The molecule has 0 radical (unpaired) electrons. The van der Waals surface area contributed by atoms with Gasteiger partial charge in [0, 0.05) is 0 Å². The van der Waals surface area contributed by atoms with Crippen LogP contribution in [0.15, 0.2) is 54.6 Å². The van der Waals surface area contributed by atoms with E-state index < -0.39 is 12.1 Å². The number of benzene rings is 2. The zero-order chi connectivity index (χ0) is 21.3. The van der Waals surface area contributed by atoms with Gasteiger partial charge >= 0.3 is 12.1 Å². The van der Waals surface area contributed by atoms with Gasteiger partial charge in [-0.3, -0.25) is 0 Å². The summed E-state index contributed by atoms with van der Waals surface area (Å²) >= 11 is 0. The second kappa shape index (κ2) is 10.7. The van der Waals surface area contributed by atoms with E-state index in [1.54, 1.807) is 24.3 Å². The maximum absolute atomic E-state index is 13.3. The van der Waals surface area contributed by atoms with Gasteiger partial charge in [-0.2, -0.15) is 0 Å². The van der Waals surface area contributed by atoms with Crippen molar-refractivity contribution in [3.8, 4) is 0 Å². The van der Waals surface area contributed by atoms with Crippen molar-refractivity contribution in [1.29, 1.82) is 0 Å². The highest BCUT2D eigenvalue weighted by atomic mass is 19.1. The Kier molecular flexibility index (Phi) is 7.79. The van der Waals surface area contributed by atoms with Crippen molar-refractivity contribution in [1.82, 2.24) is 0 Å². The van der Waals surface area contributed by atoms with Gasteiger partial charge in [0.15, 0.2) is 0 Å². The highest BCUT2D eigenvalue weighted by Crippen LogP contribution is 2.30. The predicted octanol–water partition coefficient (Wildman–Crippen LogP) is 5.01. The van der Waals surface area contributed by atoms with E-state index in [0.717, 1.165) is 25.7 Å². The number of nitrogens with zero attached hydrogens (tertiary/aromatic N) is 1. The minimum absolute atomic E-state index is 0.260. The van der Waals surface area contributed by atoms with Gasteiger partial charge < -0.3 is 14.6 Å². The Morgan fingerprint density at radius 2 is 1.47 bits per heavy atom. The second-order valence-corrected chi connectivity index (χ2v) is 7.52. The molecule has 2 aromatic carbocycles. The third kappa shape index (κ3) is 6.29. The lowest BCUT2D eigenvalue weighted by Crippen LogP contribution is -2.30. The predicted molar refractivity (Wildman–Crippen MR) is 110 cm³/mol. The number of hydrogen-bond donors (Lipinski definition) is 1. The Labute approximate surface area is 175 Å². The van der Waals surface area contributed by atoms with Crippen molar-refractivity contribution in [2.75, 3.05) is 24.7 Å². The Morgan fingerprint density at radius 1 is 0.900 bits per heavy atom. The summed E-state index contributed by atoms with van der Waals surface area (Å²) < 4.78 is 24.1. The average Bonchev–Trinajstić information content (AvgIpc) is 2.75. The van der Waals surface area contributed by atoms with Crippen LogP contribution in [0.2, 0.25) is 0 Å². The van der Waals surface area contributed by atoms with E-state index >= 15 is 0 Å². The van der Waals surface area contributed by atoms with Crippen molar-refractivity contribution in [2.45, 2.75) is 25.7 Å². The highest BCUT2D eigenvalue weighted by Gasteiger charge is 2.25. The number of rotatable bonds is 8. The van der Waals surface area contributed by atoms with Crippen LogP contribution in [0.25, 0.3) is 0 Å². The molecule has 7 heteroatoms. The van der Waals surface area contributed by atoms with Gasteiger partial charge in [-0.15, -0.1) is 0 Å². The molecule has 160 valence electrons. The van der Waals surface area contributed by atoms with E-state index in [4.69, 9.17) is 14.6 Å². The van der Waals surface area contributed by atoms with Crippen LogP contribution in [0.1, 0.15) is 25.7 Å². The number of carbonyl (C=O) groups is 2. The van der Waals surface area contributed by atoms with Crippen molar-refractivity contribution < 1.29 is 28.6 Å². The molecule has 6 nitrogen and oxygen atoms in total. The number of aliphatic carboxylic acids is 1. The fraction of sp³-hybridized carbons (Fsp3) is 0.391. The number of ether oxygens (including phenoxy) is 2. The second-order valence-electron chi connectivity index (χ2n) is 7.52. The standard InChI is InChI=1S/C23H26FNO5/c24-19-10-12-21(13-11-19)25(20-4-2-1-3-5-20)23(28)30-15-18-8-6-17(7-9-18)14-29-16-22(26)27/h1-5,10-13,17-18H,6-9,14-16H2,(H,26,27). The molecule has 0 bridgehead atoms. The molecular formula is C23H26FNO5. The van der Waals surface area contributed by atoms with Gasteiger partial charge in [0.25, 0.3) is 0 Å². The SMILES string of the molecule is O=C(O)COCC1CCC(COC(=O)N(c2ccccc2)c2ccc(F)cc2)CC1. The van der Waals surface area contributed by atoms with Crippen molar-refractivity contribution >= 4 is 23.4 Å². The van der Waals surface area contributed by atoms with Crippen LogP contribution in [0.4, 0.5) is 20.6 Å². The topological polar surface area (TPSA) is 76.1 Å². The van der Waals surface area contributed by atoms with Gasteiger partial charge in [0.05, 0.1) is 24.6 Å². The average molecular weight is 415 g/mol. The molecule has 0 spiro atoms. The smallest absolute Gasteiger partial charge is 0.418 e. The van der Waals surface area contributed by atoms with E-state index in [0.29, 0.717) is 30.5 Å². The highest BCUT2D eigenvalue weighted by molar-refractivity contribution is 5.95. The molecule has 0 aliphatic heterocycles. The molecule has 0 heterocycles. The largest absolute Gasteiger partial charge is 0.480 e. The monoisotopic (exact) mass is 415 g/mol. The Balaban J connectivity index is 1.54. The Morgan fingerprint density at radius 3 is 2.07 bits per heavy atom. The summed E-state index contributed by atoms with van der Waals surface area (Å²) in [5.74, 6) is -0.726.